The maximum atomic E-state index is 6.63. The van der Waals surface area contributed by atoms with Crippen LogP contribution in [-0.4, -0.2) is 38.2 Å². The van der Waals surface area contributed by atoms with E-state index >= 15 is 0 Å². The van der Waals surface area contributed by atoms with Gasteiger partial charge in [-0.05, 0) is 41.7 Å². The van der Waals surface area contributed by atoms with Crippen molar-refractivity contribution in [2.24, 2.45) is 27.1 Å². The number of hydrogen-bond donors (Lipinski definition) is 1. The molecular weight excluding hydrogens is 378 g/mol. The SMILES string of the molecule is NC1=NC2(CO1)c1cc(C3=C/C=C/C=C/N=C\3)ccc1OC(CC1CC1)C21COC1. The molecule has 6 nitrogen and oxygen atoms in total. The zero-order chi connectivity index (χ0) is 20.2. The lowest BCUT2D eigenvalue weighted by Gasteiger charge is -2.57. The molecule has 6 rings (SSSR count). The normalized spacial score (nSPS) is 35.5. The third-order valence-electron chi connectivity index (χ3n) is 7.05. The van der Waals surface area contributed by atoms with Crippen LogP contribution in [0, 0.1) is 11.3 Å². The summed E-state index contributed by atoms with van der Waals surface area (Å²) in [6.07, 6.45) is 15.3. The summed E-state index contributed by atoms with van der Waals surface area (Å²) >= 11 is 0. The summed E-state index contributed by atoms with van der Waals surface area (Å²) in [5.41, 5.74) is 8.39. The second kappa shape index (κ2) is 6.57. The van der Waals surface area contributed by atoms with Crippen molar-refractivity contribution < 1.29 is 14.2 Å². The number of rotatable bonds is 3. The second-order valence-corrected chi connectivity index (χ2v) is 8.87. The van der Waals surface area contributed by atoms with Crippen LogP contribution >= 0.6 is 0 Å². The van der Waals surface area contributed by atoms with Crippen molar-refractivity contribution in [1.82, 2.24) is 0 Å². The van der Waals surface area contributed by atoms with Crippen LogP contribution in [0.15, 0.2) is 58.7 Å². The summed E-state index contributed by atoms with van der Waals surface area (Å²) in [5.74, 6) is 1.62. The van der Waals surface area contributed by atoms with Gasteiger partial charge in [0.05, 0.1) is 18.6 Å². The van der Waals surface area contributed by atoms with Crippen LogP contribution in [0.2, 0.25) is 0 Å². The minimum atomic E-state index is -0.576. The number of aliphatic imine (C=N–C) groups is 2. The highest BCUT2D eigenvalue weighted by atomic mass is 16.5. The molecule has 0 amide bonds. The van der Waals surface area contributed by atoms with E-state index in [1.54, 1.807) is 6.20 Å². The molecule has 2 unspecified atom stereocenters. The fourth-order valence-electron chi connectivity index (χ4n) is 5.10. The molecule has 4 heterocycles. The highest BCUT2D eigenvalue weighted by molar-refractivity contribution is 6.10. The van der Waals surface area contributed by atoms with E-state index in [9.17, 15) is 0 Å². The molecule has 0 aromatic heterocycles. The van der Waals surface area contributed by atoms with Crippen molar-refractivity contribution >= 4 is 17.8 Å². The molecule has 1 aromatic carbocycles. The van der Waals surface area contributed by atoms with Crippen LogP contribution in [0.25, 0.3) is 5.57 Å². The summed E-state index contributed by atoms with van der Waals surface area (Å²) in [4.78, 5) is 9.29. The highest BCUT2D eigenvalue weighted by Gasteiger charge is 2.68. The summed E-state index contributed by atoms with van der Waals surface area (Å²) in [5, 5.41) is 0. The van der Waals surface area contributed by atoms with Crippen LogP contribution in [0.5, 0.6) is 5.75 Å². The lowest BCUT2D eigenvalue weighted by Crippen LogP contribution is -2.67. The van der Waals surface area contributed by atoms with E-state index in [0.29, 0.717) is 19.8 Å². The number of benzene rings is 1. The first-order chi connectivity index (χ1) is 14.7. The van der Waals surface area contributed by atoms with Gasteiger partial charge < -0.3 is 19.9 Å². The standard InChI is InChI=1S/C24H25N3O3/c25-22-27-24(15-29-22)19-11-17(18-4-2-1-3-9-26-12-18)7-8-20(19)30-21(10-16-5-6-16)23(24)13-28-14-23/h1-4,7-9,11-12,16,21H,5-6,10,13-15H2,(H2,25,27)/b2-1+,3-1?,4-2?,9-3+,18-4+,18-12?,26-9?,26-12-. The number of allylic oxidation sites excluding steroid dienone is 5. The van der Waals surface area contributed by atoms with E-state index in [2.05, 4.69) is 29.3 Å². The Balaban J connectivity index is 1.49. The average molecular weight is 403 g/mol. The van der Waals surface area contributed by atoms with Crippen molar-refractivity contribution in [2.45, 2.75) is 30.9 Å². The van der Waals surface area contributed by atoms with Gasteiger partial charge in [0.2, 0.25) is 0 Å². The van der Waals surface area contributed by atoms with Crippen LogP contribution in [-0.2, 0) is 15.0 Å². The molecule has 5 aliphatic rings. The zero-order valence-electron chi connectivity index (χ0n) is 16.8. The lowest BCUT2D eigenvalue weighted by molar-refractivity contribution is -0.218. The second-order valence-electron chi connectivity index (χ2n) is 8.87. The molecule has 1 aromatic rings. The number of nitrogens with zero attached hydrogens (tertiary/aromatic N) is 2. The Morgan fingerprint density at radius 2 is 2.00 bits per heavy atom. The Bertz CT molecular complexity index is 1030. The number of hydrogen-bond acceptors (Lipinski definition) is 6. The van der Waals surface area contributed by atoms with Gasteiger partial charge in [-0.3, -0.25) is 4.99 Å². The van der Waals surface area contributed by atoms with Crippen molar-refractivity contribution in [3.63, 3.8) is 0 Å². The molecule has 2 spiro atoms. The maximum absolute atomic E-state index is 6.63. The lowest BCUT2D eigenvalue weighted by atomic mass is 9.59. The predicted octanol–water partition coefficient (Wildman–Crippen LogP) is 3.34. The molecule has 0 bridgehead atoms. The quantitative estimate of drug-likeness (QED) is 0.840. The number of fused-ring (bicyclic) bond motifs is 3. The smallest absolute Gasteiger partial charge is 0.283 e. The van der Waals surface area contributed by atoms with Gasteiger partial charge in [-0.1, -0.05) is 37.1 Å². The Morgan fingerprint density at radius 1 is 1.10 bits per heavy atom. The Labute approximate surface area is 175 Å². The summed E-state index contributed by atoms with van der Waals surface area (Å²) in [7, 11) is 0. The van der Waals surface area contributed by atoms with E-state index in [1.165, 1.54) is 12.8 Å². The molecule has 154 valence electrons. The van der Waals surface area contributed by atoms with Gasteiger partial charge in [0.15, 0.2) is 0 Å². The molecule has 6 heteroatoms. The van der Waals surface area contributed by atoms with Gasteiger partial charge in [-0.15, -0.1) is 0 Å². The van der Waals surface area contributed by atoms with E-state index in [4.69, 9.17) is 24.9 Å². The minimum absolute atomic E-state index is 0.0607. The first-order valence-corrected chi connectivity index (χ1v) is 10.6. The molecule has 2 atom stereocenters. The van der Waals surface area contributed by atoms with Crippen molar-refractivity contribution in [1.29, 1.82) is 0 Å². The Hall–Kier alpha value is -2.86. The van der Waals surface area contributed by atoms with Crippen molar-refractivity contribution in [3.05, 3.63) is 59.8 Å². The van der Waals surface area contributed by atoms with E-state index in [-0.39, 0.29) is 17.5 Å². The molecule has 1 aliphatic carbocycles. The number of amidine groups is 1. The zero-order valence-corrected chi connectivity index (χ0v) is 16.8. The van der Waals surface area contributed by atoms with Crippen molar-refractivity contribution in [3.8, 4) is 5.75 Å². The minimum Gasteiger partial charge on any atom is -0.489 e. The van der Waals surface area contributed by atoms with E-state index in [1.807, 2.05) is 24.4 Å². The van der Waals surface area contributed by atoms with Crippen LogP contribution in [0.4, 0.5) is 0 Å². The average Bonchev–Trinajstić information content (AvgIpc) is 3.41. The summed E-state index contributed by atoms with van der Waals surface area (Å²) in [6, 6.07) is 6.58. The Kier molecular flexibility index (Phi) is 3.93. The van der Waals surface area contributed by atoms with Crippen molar-refractivity contribution in [2.75, 3.05) is 19.8 Å². The first kappa shape index (κ1) is 18.0. The summed E-state index contributed by atoms with van der Waals surface area (Å²) < 4.78 is 18.2. The van der Waals surface area contributed by atoms with Gasteiger partial charge >= 0.3 is 0 Å². The number of nitrogens with two attached hydrogens (primary N) is 1. The monoisotopic (exact) mass is 403 g/mol. The first-order valence-electron chi connectivity index (χ1n) is 10.6. The van der Waals surface area contributed by atoms with Gasteiger partial charge in [0, 0.05) is 18.0 Å². The summed E-state index contributed by atoms with van der Waals surface area (Å²) in [6.45, 7) is 1.66. The Morgan fingerprint density at radius 3 is 2.73 bits per heavy atom. The van der Waals surface area contributed by atoms with Crippen LogP contribution in [0.3, 0.4) is 0 Å². The predicted molar refractivity (Wildman–Crippen MR) is 115 cm³/mol. The van der Waals surface area contributed by atoms with Gasteiger partial charge in [0.25, 0.3) is 6.02 Å². The highest BCUT2D eigenvalue weighted by Crippen LogP contribution is 2.60. The van der Waals surface area contributed by atoms with Gasteiger partial charge in [-0.2, -0.15) is 0 Å². The molecule has 4 aliphatic heterocycles. The number of ether oxygens (including phenoxy) is 3. The molecule has 0 radical (unpaired) electrons. The topological polar surface area (TPSA) is 78.4 Å². The molecular formula is C24H25N3O3. The largest absolute Gasteiger partial charge is 0.489 e. The van der Waals surface area contributed by atoms with Gasteiger partial charge in [-0.25, -0.2) is 4.99 Å². The maximum Gasteiger partial charge on any atom is 0.283 e. The third-order valence-corrected chi connectivity index (χ3v) is 7.05. The fourth-order valence-corrected chi connectivity index (χ4v) is 5.10. The molecule has 30 heavy (non-hydrogen) atoms. The van der Waals surface area contributed by atoms with Crippen LogP contribution in [0.1, 0.15) is 30.4 Å². The molecule has 1 saturated carbocycles. The van der Waals surface area contributed by atoms with Crippen LogP contribution < -0.4 is 10.5 Å². The van der Waals surface area contributed by atoms with E-state index in [0.717, 1.165) is 34.8 Å². The molecule has 1 saturated heterocycles. The molecule has 2 N–H and O–H groups in total. The van der Waals surface area contributed by atoms with E-state index < -0.39 is 5.54 Å². The third kappa shape index (κ3) is 2.59. The van der Waals surface area contributed by atoms with Gasteiger partial charge in [0.1, 0.15) is 24.0 Å². The fraction of sp³-hybridized carbons (Fsp3) is 0.417. The molecule has 2 fully saturated rings.